The second kappa shape index (κ2) is 7.53. The molecule has 0 aliphatic rings. The molecule has 0 atom stereocenters. The molecule has 0 fully saturated rings. The number of carbonyl (C=O) groups excluding carboxylic acids is 2. The Labute approximate surface area is 113 Å². The molecule has 104 valence electrons. The molecule has 0 radical (unpaired) electrons. The van der Waals surface area contributed by atoms with Crippen LogP contribution in [0.4, 0.5) is 5.69 Å². The van der Waals surface area contributed by atoms with Gasteiger partial charge in [-0.2, -0.15) is 0 Å². The Morgan fingerprint density at radius 2 is 1.95 bits per heavy atom. The number of hydrogen-bond acceptors (Lipinski definition) is 4. The van der Waals surface area contributed by atoms with Crippen LogP contribution in [-0.2, 0) is 9.53 Å². The summed E-state index contributed by atoms with van der Waals surface area (Å²) in [4.78, 5) is 23.3. The zero-order valence-electron chi connectivity index (χ0n) is 11.5. The fourth-order valence-electron chi connectivity index (χ4n) is 1.55. The molecule has 0 bridgehead atoms. The molecular formula is C14H20N2O3. The highest BCUT2D eigenvalue weighted by Gasteiger charge is 2.12. The molecule has 0 saturated heterocycles. The van der Waals surface area contributed by atoms with E-state index in [1.807, 2.05) is 0 Å². The molecule has 5 heteroatoms. The molecule has 1 amide bonds. The number of carbonyl (C=O) groups is 2. The molecule has 0 aliphatic carbocycles. The summed E-state index contributed by atoms with van der Waals surface area (Å²) in [5, 5.41) is 5.74. The van der Waals surface area contributed by atoms with Crippen molar-refractivity contribution in [2.45, 2.75) is 13.8 Å². The Bertz CT molecular complexity index is 444. The molecule has 0 aliphatic heterocycles. The molecule has 1 aromatic rings. The Balaban J connectivity index is 2.61. The van der Waals surface area contributed by atoms with Crippen LogP contribution in [0.2, 0.25) is 0 Å². The van der Waals surface area contributed by atoms with E-state index in [9.17, 15) is 9.59 Å². The van der Waals surface area contributed by atoms with Gasteiger partial charge in [-0.05, 0) is 24.6 Å². The minimum atomic E-state index is -0.467. The molecule has 0 spiro atoms. The van der Waals surface area contributed by atoms with Crippen molar-refractivity contribution in [3.63, 3.8) is 0 Å². The monoisotopic (exact) mass is 264 g/mol. The highest BCUT2D eigenvalue weighted by atomic mass is 16.5. The first kappa shape index (κ1) is 15.2. The standard InChI is InChI=1S/C14H20N2O3/c1-10(2)8-15-9-13(17)16-12-7-5-4-6-11(12)14(18)19-3/h4-7,10,15H,8-9H2,1-3H3,(H,16,17). The average molecular weight is 264 g/mol. The SMILES string of the molecule is COC(=O)c1ccccc1NC(=O)CNCC(C)C. The third-order valence-corrected chi connectivity index (χ3v) is 2.44. The summed E-state index contributed by atoms with van der Waals surface area (Å²) in [6.07, 6.45) is 0. The molecule has 1 aromatic carbocycles. The summed E-state index contributed by atoms with van der Waals surface area (Å²) in [5.41, 5.74) is 0.813. The van der Waals surface area contributed by atoms with Crippen molar-refractivity contribution in [3.8, 4) is 0 Å². The Morgan fingerprint density at radius 1 is 1.26 bits per heavy atom. The van der Waals surface area contributed by atoms with Crippen LogP contribution < -0.4 is 10.6 Å². The van der Waals surface area contributed by atoms with Crippen LogP contribution in [0.25, 0.3) is 0 Å². The number of methoxy groups -OCH3 is 1. The maximum absolute atomic E-state index is 11.7. The zero-order valence-corrected chi connectivity index (χ0v) is 11.5. The predicted molar refractivity (Wildman–Crippen MR) is 74.1 cm³/mol. The first-order valence-electron chi connectivity index (χ1n) is 6.22. The van der Waals surface area contributed by atoms with Crippen molar-refractivity contribution in [2.75, 3.05) is 25.5 Å². The molecule has 0 aromatic heterocycles. The minimum Gasteiger partial charge on any atom is -0.465 e. The van der Waals surface area contributed by atoms with Gasteiger partial charge in [0.1, 0.15) is 0 Å². The lowest BCUT2D eigenvalue weighted by Gasteiger charge is -2.11. The highest BCUT2D eigenvalue weighted by molar-refractivity contribution is 6.01. The first-order valence-corrected chi connectivity index (χ1v) is 6.22. The van der Waals surface area contributed by atoms with Crippen molar-refractivity contribution in [2.24, 2.45) is 5.92 Å². The number of hydrogen-bond donors (Lipinski definition) is 2. The van der Waals surface area contributed by atoms with Gasteiger partial charge in [-0.25, -0.2) is 4.79 Å². The molecule has 2 N–H and O–H groups in total. The van der Waals surface area contributed by atoms with E-state index in [0.29, 0.717) is 17.2 Å². The maximum atomic E-state index is 11.7. The number of anilines is 1. The van der Waals surface area contributed by atoms with E-state index in [-0.39, 0.29) is 12.5 Å². The summed E-state index contributed by atoms with van der Waals surface area (Å²) in [6, 6.07) is 6.76. The van der Waals surface area contributed by atoms with Crippen LogP contribution in [0.15, 0.2) is 24.3 Å². The molecule has 0 unspecified atom stereocenters. The smallest absolute Gasteiger partial charge is 0.339 e. The lowest BCUT2D eigenvalue weighted by atomic mass is 10.2. The van der Waals surface area contributed by atoms with E-state index in [1.165, 1.54) is 7.11 Å². The van der Waals surface area contributed by atoms with Gasteiger partial charge in [0.2, 0.25) is 5.91 Å². The van der Waals surface area contributed by atoms with Gasteiger partial charge in [-0.3, -0.25) is 4.79 Å². The van der Waals surface area contributed by atoms with E-state index in [4.69, 9.17) is 0 Å². The fourth-order valence-corrected chi connectivity index (χ4v) is 1.55. The summed E-state index contributed by atoms with van der Waals surface area (Å²) >= 11 is 0. The van der Waals surface area contributed by atoms with Gasteiger partial charge < -0.3 is 15.4 Å². The van der Waals surface area contributed by atoms with Crippen LogP contribution in [0.1, 0.15) is 24.2 Å². The van der Waals surface area contributed by atoms with Crippen LogP contribution >= 0.6 is 0 Å². The van der Waals surface area contributed by atoms with E-state index >= 15 is 0 Å². The van der Waals surface area contributed by atoms with Crippen molar-refractivity contribution in [3.05, 3.63) is 29.8 Å². The maximum Gasteiger partial charge on any atom is 0.339 e. The van der Waals surface area contributed by atoms with Gasteiger partial charge in [-0.15, -0.1) is 0 Å². The Morgan fingerprint density at radius 3 is 2.58 bits per heavy atom. The number of amides is 1. The number of rotatable bonds is 6. The van der Waals surface area contributed by atoms with E-state index in [0.717, 1.165) is 6.54 Å². The summed E-state index contributed by atoms with van der Waals surface area (Å²) in [7, 11) is 1.31. The van der Waals surface area contributed by atoms with Gasteiger partial charge >= 0.3 is 5.97 Å². The van der Waals surface area contributed by atoms with Crippen LogP contribution in [-0.4, -0.2) is 32.1 Å². The third-order valence-electron chi connectivity index (χ3n) is 2.44. The highest BCUT2D eigenvalue weighted by Crippen LogP contribution is 2.15. The van der Waals surface area contributed by atoms with Crippen LogP contribution in [0, 0.1) is 5.92 Å². The van der Waals surface area contributed by atoms with E-state index in [2.05, 4.69) is 29.2 Å². The average Bonchev–Trinajstić information content (AvgIpc) is 2.38. The lowest BCUT2D eigenvalue weighted by molar-refractivity contribution is -0.115. The Hall–Kier alpha value is -1.88. The normalized spacial score (nSPS) is 10.3. The topological polar surface area (TPSA) is 67.4 Å². The summed E-state index contributed by atoms with van der Waals surface area (Å²) in [6.45, 7) is 5.12. The minimum absolute atomic E-state index is 0.183. The summed E-state index contributed by atoms with van der Waals surface area (Å²) < 4.78 is 4.67. The number of nitrogens with one attached hydrogen (secondary N) is 2. The lowest BCUT2D eigenvalue weighted by Crippen LogP contribution is -2.31. The first-order chi connectivity index (χ1) is 9.04. The van der Waals surface area contributed by atoms with E-state index < -0.39 is 5.97 Å². The van der Waals surface area contributed by atoms with Crippen LogP contribution in [0.3, 0.4) is 0 Å². The van der Waals surface area contributed by atoms with Crippen molar-refractivity contribution in [1.82, 2.24) is 5.32 Å². The quantitative estimate of drug-likeness (QED) is 0.767. The molecule has 0 heterocycles. The fraction of sp³-hybridized carbons (Fsp3) is 0.429. The van der Waals surface area contributed by atoms with Gasteiger partial charge in [0.05, 0.1) is 24.9 Å². The van der Waals surface area contributed by atoms with Gasteiger partial charge in [-0.1, -0.05) is 26.0 Å². The number of benzene rings is 1. The number of para-hydroxylation sites is 1. The second-order valence-corrected chi connectivity index (χ2v) is 4.61. The number of ether oxygens (including phenoxy) is 1. The molecule has 5 nitrogen and oxygen atoms in total. The van der Waals surface area contributed by atoms with Crippen molar-refractivity contribution < 1.29 is 14.3 Å². The van der Waals surface area contributed by atoms with Gasteiger partial charge in [0.15, 0.2) is 0 Å². The number of esters is 1. The largest absolute Gasteiger partial charge is 0.465 e. The molecular weight excluding hydrogens is 244 g/mol. The zero-order chi connectivity index (χ0) is 14.3. The van der Waals surface area contributed by atoms with Crippen molar-refractivity contribution >= 4 is 17.6 Å². The predicted octanol–water partition coefficient (Wildman–Crippen LogP) is 1.66. The molecule has 0 saturated carbocycles. The van der Waals surface area contributed by atoms with Gasteiger partial charge in [0.25, 0.3) is 0 Å². The Kier molecular flexibility index (Phi) is 6.02. The third kappa shape index (κ3) is 5.09. The second-order valence-electron chi connectivity index (χ2n) is 4.61. The van der Waals surface area contributed by atoms with Gasteiger partial charge in [0, 0.05) is 0 Å². The summed E-state index contributed by atoms with van der Waals surface area (Å²) in [5.74, 6) is -0.168. The molecule has 19 heavy (non-hydrogen) atoms. The van der Waals surface area contributed by atoms with E-state index in [1.54, 1.807) is 24.3 Å². The molecule has 1 rings (SSSR count). The van der Waals surface area contributed by atoms with Crippen molar-refractivity contribution in [1.29, 1.82) is 0 Å². The van der Waals surface area contributed by atoms with Crippen LogP contribution in [0.5, 0.6) is 0 Å².